The van der Waals surface area contributed by atoms with Gasteiger partial charge in [0.1, 0.15) is 0 Å². The van der Waals surface area contributed by atoms with Crippen LogP contribution in [0.1, 0.15) is 66.8 Å². The van der Waals surface area contributed by atoms with Gasteiger partial charge in [-0.1, -0.05) is 43.2 Å². The molecule has 2 aliphatic carbocycles. The quantitative estimate of drug-likeness (QED) is 0.723. The predicted molar refractivity (Wildman–Crippen MR) is 122 cm³/mol. The van der Waals surface area contributed by atoms with E-state index in [0.717, 1.165) is 61.6 Å². The fourth-order valence-corrected chi connectivity index (χ4v) is 6.62. The Morgan fingerprint density at radius 1 is 1.00 bits per heavy atom. The molecular formula is C25H32N2O3S. The number of nitrogens with zero attached hydrogens (tertiary/aromatic N) is 1. The lowest BCUT2D eigenvalue weighted by atomic mass is 9.88. The Kier molecular flexibility index (Phi) is 6.49. The van der Waals surface area contributed by atoms with E-state index in [4.69, 9.17) is 0 Å². The fraction of sp³-hybridized carbons (Fsp3) is 0.480. The zero-order valence-corrected chi connectivity index (χ0v) is 19.2. The van der Waals surface area contributed by atoms with Crippen molar-refractivity contribution in [3.63, 3.8) is 0 Å². The number of benzene rings is 2. The predicted octanol–water partition coefficient (Wildman–Crippen LogP) is 4.43. The highest BCUT2D eigenvalue weighted by Crippen LogP contribution is 2.31. The van der Waals surface area contributed by atoms with E-state index in [1.807, 2.05) is 32.0 Å². The Morgan fingerprint density at radius 2 is 1.74 bits per heavy atom. The van der Waals surface area contributed by atoms with Crippen LogP contribution in [0.25, 0.3) is 0 Å². The van der Waals surface area contributed by atoms with Gasteiger partial charge in [-0.3, -0.25) is 4.79 Å². The minimum atomic E-state index is -3.75. The van der Waals surface area contributed by atoms with E-state index in [9.17, 15) is 13.2 Å². The molecule has 2 aromatic carbocycles. The van der Waals surface area contributed by atoms with Gasteiger partial charge in [-0.2, -0.15) is 4.31 Å². The molecule has 0 bridgehead atoms. The van der Waals surface area contributed by atoms with E-state index >= 15 is 0 Å². The molecule has 0 aromatic heterocycles. The highest BCUT2D eigenvalue weighted by molar-refractivity contribution is 7.89. The van der Waals surface area contributed by atoms with E-state index in [1.165, 1.54) is 9.87 Å². The second kappa shape index (κ2) is 9.13. The summed E-state index contributed by atoms with van der Waals surface area (Å²) in [5.74, 6) is -0.221. The summed E-state index contributed by atoms with van der Waals surface area (Å²) in [5.41, 5.74) is 4.43. The van der Waals surface area contributed by atoms with Gasteiger partial charge in [0.05, 0.1) is 17.5 Å². The van der Waals surface area contributed by atoms with Crippen LogP contribution < -0.4 is 5.32 Å². The average molecular weight is 441 g/mol. The van der Waals surface area contributed by atoms with Crippen LogP contribution in [0.15, 0.2) is 47.4 Å². The largest absolute Gasteiger partial charge is 0.348 e. The molecule has 1 saturated carbocycles. The molecule has 0 aliphatic heterocycles. The van der Waals surface area contributed by atoms with Gasteiger partial charge in [-0.25, -0.2) is 8.42 Å². The van der Waals surface area contributed by atoms with Crippen molar-refractivity contribution >= 4 is 15.9 Å². The Hall–Kier alpha value is -2.18. The van der Waals surface area contributed by atoms with Crippen LogP contribution in [0.4, 0.5) is 0 Å². The lowest BCUT2D eigenvalue weighted by Crippen LogP contribution is -2.46. The summed E-state index contributed by atoms with van der Waals surface area (Å²) < 4.78 is 28.6. The lowest BCUT2D eigenvalue weighted by Gasteiger charge is -2.30. The standard InChI is InChI=1S/C25H32N2O3S/c1-18-14-15-22(16-19(18)2)31(29,30)27(21-10-4-5-11-21)17-25(28)26-24-13-7-9-20-8-3-6-12-23(20)24/h3,6,8,12,14-16,21,24H,4-5,7,9-11,13,17H2,1-2H3,(H,26,28)/t24-/m0/s1. The van der Waals surface area contributed by atoms with Crippen LogP contribution in [0, 0.1) is 13.8 Å². The normalized spacial score (nSPS) is 19.4. The molecule has 1 N–H and O–H groups in total. The van der Waals surface area contributed by atoms with Gasteiger partial charge in [-0.15, -0.1) is 0 Å². The number of fused-ring (bicyclic) bond motifs is 1. The van der Waals surface area contributed by atoms with Gasteiger partial charge >= 0.3 is 0 Å². The summed E-state index contributed by atoms with van der Waals surface area (Å²) in [4.78, 5) is 13.3. The number of rotatable bonds is 6. The zero-order chi connectivity index (χ0) is 22.0. The minimum Gasteiger partial charge on any atom is -0.348 e. The van der Waals surface area contributed by atoms with Gasteiger partial charge in [0.2, 0.25) is 15.9 Å². The average Bonchev–Trinajstić information content (AvgIpc) is 3.28. The number of carbonyl (C=O) groups excluding carboxylic acids is 1. The van der Waals surface area contributed by atoms with Crippen molar-refractivity contribution < 1.29 is 13.2 Å². The third-order valence-electron chi connectivity index (χ3n) is 6.82. The number of amides is 1. The van der Waals surface area contributed by atoms with Crippen LogP contribution in [0.3, 0.4) is 0 Å². The van der Waals surface area contributed by atoms with Crippen molar-refractivity contribution in [1.82, 2.24) is 9.62 Å². The smallest absolute Gasteiger partial charge is 0.243 e. The molecule has 166 valence electrons. The van der Waals surface area contributed by atoms with Crippen molar-refractivity contribution in [3.05, 3.63) is 64.7 Å². The fourth-order valence-electron chi connectivity index (χ4n) is 4.90. The van der Waals surface area contributed by atoms with E-state index in [1.54, 1.807) is 12.1 Å². The number of aryl methyl sites for hydroxylation is 3. The first-order chi connectivity index (χ1) is 14.9. The first-order valence-corrected chi connectivity index (χ1v) is 12.8. The van der Waals surface area contributed by atoms with E-state index in [-0.39, 0.29) is 29.4 Å². The van der Waals surface area contributed by atoms with Crippen molar-refractivity contribution in [3.8, 4) is 0 Å². The maximum Gasteiger partial charge on any atom is 0.243 e. The molecule has 4 rings (SSSR count). The summed E-state index contributed by atoms with van der Waals surface area (Å²) in [6.07, 6.45) is 6.55. The molecule has 6 heteroatoms. The molecule has 2 aliphatic rings. The third-order valence-corrected chi connectivity index (χ3v) is 8.72. The molecule has 31 heavy (non-hydrogen) atoms. The van der Waals surface area contributed by atoms with Crippen molar-refractivity contribution in [2.75, 3.05) is 6.54 Å². The van der Waals surface area contributed by atoms with Crippen LogP contribution in [-0.4, -0.2) is 31.2 Å². The monoisotopic (exact) mass is 440 g/mol. The van der Waals surface area contributed by atoms with Gasteiger partial charge in [-0.05, 0) is 80.3 Å². The Balaban J connectivity index is 1.56. The van der Waals surface area contributed by atoms with Gasteiger partial charge in [0, 0.05) is 6.04 Å². The van der Waals surface area contributed by atoms with Crippen LogP contribution >= 0.6 is 0 Å². The van der Waals surface area contributed by atoms with Crippen molar-refractivity contribution in [1.29, 1.82) is 0 Å². The summed E-state index contributed by atoms with van der Waals surface area (Å²) >= 11 is 0. The zero-order valence-electron chi connectivity index (χ0n) is 18.4. The van der Waals surface area contributed by atoms with Gasteiger partial charge < -0.3 is 5.32 Å². The maximum atomic E-state index is 13.6. The Morgan fingerprint density at radius 3 is 2.48 bits per heavy atom. The first-order valence-electron chi connectivity index (χ1n) is 11.3. The van der Waals surface area contributed by atoms with E-state index < -0.39 is 10.0 Å². The molecule has 0 spiro atoms. The number of carbonyl (C=O) groups is 1. The summed E-state index contributed by atoms with van der Waals surface area (Å²) in [6, 6.07) is 13.3. The molecule has 1 fully saturated rings. The second-order valence-electron chi connectivity index (χ2n) is 8.95. The second-order valence-corrected chi connectivity index (χ2v) is 10.8. The minimum absolute atomic E-state index is 0.0489. The summed E-state index contributed by atoms with van der Waals surface area (Å²) in [7, 11) is -3.75. The van der Waals surface area contributed by atoms with Crippen LogP contribution in [-0.2, 0) is 21.2 Å². The molecular weight excluding hydrogens is 408 g/mol. The molecule has 5 nitrogen and oxygen atoms in total. The summed E-state index contributed by atoms with van der Waals surface area (Å²) in [5, 5.41) is 3.13. The Labute approximate surface area is 185 Å². The molecule has 1 amide bonds. The van der Waals surface area contributed by atoms with Gasteiger partial charge in [0.25, 0.3) is 0 Å². The third kappa shape index (κ3) is 4.70. The lowest BCUT2D eigenvalue weighted by molar-refractivity contribution is -0.122. The first kappa shape index (κ1) is 22.0. The Bertz CT molecular complexity index is 1060. The number of hydrogen-bond acceptors (Lipinski definition) is 3. The highest BCUT2D eigenvalue weighted by atomic mass is 32.2. The molecule has 1 atom stereocenters. The molecule has 0 unspecified atom stereocenters. The molecule has 0 heterocycles. The van der Waals surface area contributed by atoms with Gasteiger partial charge in [0.15, 0.2) is 0 Å². The van der Waals surface area contributed by atoms with Crippen LogP contribution in [0.5, 0.6) is 0 Å². The molecule has 0 radical (unpaired) electrons. The van der Waals surface area contributed by atoms with E-state index in [0.29, 0.717) is 0 Å². The van der Waals surface area contributed by atoms with Crippen LogP contribution in [0.2, 0.25) is 0 Å². The van der Waals surface area contributed by atoms with E-state index in [2.05, 4.69) is 17.4 Å². The summed E-state index contributed by atoms with van der Waals surface area (Å²) in [6.45, 7) is 3.76. The SMILES string of the molecule is Cc1ccc(S(=O)(=O)N(CC(=O)N[C@H]2CCCc3ccccc32)C2CCCC2)cc1C. The molecule has 0 saturated heterocycles. The maximum absolute atomic E-state index is 13.6. The number of nitrogens with one attached hydrogen (secondary N) is 1. The highest BCUT2D eigenvalue weighted by Gasteiger charge is 2.35. The number of hydrogen-bond donors (Lipinski definition) is 1. The topological polar surface area (TPSA) is 66.5 Å². The van der Waals surface area contributed by atoms with Crippen molar-refractivity contribution in [2.24, 2.45) is 0 Å². The molecule has 2 aromatic rings. The number of sulfonamides is 1. The van der Waals surface area contributed by atoms with Crippen molar-refractivity contribution in [2.45, 2.75) is 75.8 Å².